The van der Waals surface area contributed by atoms with Crippen LogP contribution < -0.4 is 5.32 Å². The van der Waals surface area contributed by atoms with Gasteiger partial charge >= 0.3 is 0 Å². The molecule has 0 radical (unpaired) electrons. The van der Waals surface area contributed by atoms with Crippen LogP contribution in [0.5, 0.6) is 0 Å². The number of amides is 1. The number of nitrogens with one attached hydrogen (secondary N) is 1. The fraction of sp³-hybridized carbons (Fsp3) is 0.526. The van der Waals surface area contributed by atoms with Crippen LogP contribution in [0.2, 0.25) is 0 Å². The van der Waals surface area contributed by atoms with Crippen LogP contribution in [0, 0.1) is 0 Å². The quantitative estimate of drug-likeness (QED) is 0.745. The van der Waals surface area contributed by atoms with Crippen molar-refractivity contribution in [3.05, 3.63) is 46.5 Å². The molecular formula is C19H24N2O. The Labute approximate surface area is 132 Å². The molecule has 0 fully saturated rings. The molecular weight excluding hydrogens is 272 g/mol. The lowest BCUT2D eigenvalue weighted by atomic mass is 9.76. The van der Waals surface area contributed by atoms with E-state index in [0.717, 1.165) is 24.1 Å². The van der Waals surface area contributed by atoms with Crippen molar-refractivity contribution in [3.63, 3.8) is 0 Å². The highest BCUT2D eigenvalue weighted by Crippen LogP contribution is 2.39. The molecule has 1 aromatic carbocycles. The van der Waals surface area contributed by atoms with Gasteiger partial charge in [0.25, 0.3) is 5.91 Å². The largest absolute Gasteiger partial charge is 0.335 e. The average Bonchev–Trinajstić information content (AvgIpc) is 2.61. The standard InChI is InChI=1S/C19H24N2O/c1-21-17-11-5-8-13-7-4-10-16(18(13)17)20-12-14-6-2-3-9-15(14)19(21)22/h2-3,6,9,16-17,20H,4-5,7-8,10-12H2,1H3. The first kappa shape index (κ1) is 14.0. The zero-order chi connectivity index (χ0) is 15.1. The third kappa shape index (κ3) is 2.19. The molecule has 0 aromatic heterocycles. The summed E-state index contributed by atoms with van der Waals surface area (Å²) >= 11 is 0. The molecule has 1 aromatic rings. The minimum absolute atomic E-state index is 0.183. The summed E-state index contributed by atoms with van der Waals surface area (Å²) in [4.78, 5) is 15.0. The molecule has 3 nitrogen and oxygen atoms in total. The maximum Gasteiger partial charge on any atom is 0.254 e. The van der Waals surface area contributed by atoms with Gasteiger partial charge in [0.15, 0.2) is 0 Å². The lowest BCUT2D eigenvalue weighted by molar-refractivity contribution is 0.0736. The SMILES string of the molecule is CN1C(=O)c2ccccc2CNC2CCCC3=C2C1CCC3. The molecule has 4 rings (SSSR count). The normalized spacial score (nSPS) is 28.4. The lowest BCUT2D eigenvalue weighted by Gasteiger charge is -2.41. The first-order chi connectivity index (χ1) is 10.8. The molecule has 0 saturated heterocycles. The molecule has 2 aliphatic carbocycles. The van der Waals surface area contributed by atoms with E-state index >= 15 is 0 Å². The summed E-state index contributed by atoms with van der Waals surface area (Å²) in [5.74, 6) is 0.183. The Morgan fingerprint density at radius 1 is 1.14 bits per heavy atom. The van der Waals surface area contributed by atoms with Crippen LogP contribution >= 0.6 is 0 Å². The van der Waals surface area contributed by atoms with E-state index in [0.29, 0.717) is 12.1 Å². The molecule has 1 heterocycles. The Morgan fingerprint density at radius 2 is 1.91 bits per heavy atom. The third-order valence-corrected chi connectivity index (χ3v) is 5.64. The van der Waals surface area contributed by atoms with E-state index in [9.17, 15) is 4.79 Å². The second-order valence-electron chi connectivity index (χ2n) is 6.87. The molecule has 22 heavy (non-hydrogen) atoms. The topological polar surface area (TPSA) is 32.3 Å². The predicted molar refractivity (Wildman–Crippen MR) is 87.7 cm³/mol. The molecule has 2 atom stereocenters. The fourth-order valence-electron chi connectivity index (χ4n) is 4.53. The van der Waals surface area contributed by atoms with Crippen LogP contribution in [-0.4, -0.2) is 29.9 Å². The summed E-state index contributed by atoms with van der Waals surface area (Å²) in [5.41, 5.74) is 5.17. The highest BCUT2D eigenvalue weighted by molar-refractivity contribution is 5.96. The third-order valence-electron chi connectivity index (χ3n) is 5.64. The summed E-state index contributed by atoms with van der Waals surface area (Å²) in [6.07, 6.45) is 7.29. The second kappa shape index (κ2) is 5.54. The zero-order valence-electron chi connectivity index (χ0n) is 13.3. The molecule has 0 spiro atoms. The molecule has 0 saturated carbocycles. The zero-order valence-corrected chi connectivity index (χ0v) is 13.3. The number of fused-ring (bicyclic) bond motifs is 1. The van der Waals surface area contributed by atoms with Gasteiger partial charge in [-0.15, -0.1) is 0 Å². The minimum Gasteiger partial charge on any atom is -0.335 e. The second-order valence-corrected chi connectivity index (χ2v) is 6.87. The molecule has 1 N–H and O–H groups in total. The number of carbonyl (C=O) groups is 1. The Bertz CT molecular complexity index is 630. The molecule has 116 valence electrons. The first-order valence-corrected chi connectivity index (χ1v) is 8.56. The van der Waals surface area contributed by atoms with E-state index in [1.54, 1.807) is 11.1 Å². The number of nitrogens with zero attached hydrogens (tertiary/aromatic N) is 1. The van der Waals surface area contributed by atoms with Crippen LogP contribution in [0.25, 0.3) is 0 Å². The predicted octanol–water partition coefficient (Wildman–Crippen LogP) is 3.26. The van der Waals surface area contributed by atoms with Crippen molar-refractivity contribution in [2.75, 3.05) is 7.05 Å². The summed E-state index contributed by atoms with van der Waals surface area (Å²) in [6, 6.07) is 8.81. The van der Waals surface area contributed by atoms with Crippen molar-refractivity contribution in [1.29, 1.82) is 0 Å². The Kier molecular flexibility index (Phi) is 3.53. The van der Waals surface area contributed by atoms with Gasteiger partial charge in [-0.2, -0.15) is 0 Å². The highest BCUT2D eigenvalue weighted by atomic mass is 16.2. The lowest BCUT2D eigenvalue weighted by Crippen LogP contribution is -2.46. The van der Waals surface area contributed by atoms with E-state index in [2.05, 4.69) is 11.4 Å². The van der Waals surface area contributed by atoms with Gasteiger partial charge in [-0.25, -0.2) is 0 Å². The van der Waals surface area contributed by atoms with Crippen LogP contribution in [0.15, 0.2) is 35.4 Å². The van der Waals surface area contributed by atoms with Gasteiger partial charge in [-0.3, -0.25) is 4.79 Å². The minimum atomic E-state index is 0.183. The number of hydrogen-bond acceptors (Lipinski definition) is 2. The summed E-state index contributed by atoms with van der Waals surface area (Å²) in [7, 11) is 2.00. The Morgan fingerprint density at radius 3 is 2.77 bits per heavy atom. The molecule has 3 heteroatoms. The molecule has 1 aliphatic heterocycles. The molecule has 1 amide bonds. The Hall–Kier alpha value is -1.61. The number of rotatable bonds is 0. The van der Waals surface area contributed by atoms with Gasteiger partial charge in [0.2, 0.25) is 0 Å². The van der Waals surface area contributed by atoms with Crippen molar-refractivity contribution in [1.82, 2.24) is 10.2 Å². The summed E-state index contributed by atoms with van der Waals surface area (Å²) in [6.45, 7) is 0.796. The number of likely N-dealkylation sites (N-methyl/N-ethyl adjacent to an activating group) is 1. The van der Waals surface area contributed by atoms with Gasteiger partial charge in [0.1, 0.15) is 0 Å². The number of benzene rings is 1. The van der Waals surface area contributed by atoms with Crippen LogP contribution in [0.1, 0.15) is 54.4 Å². The van der Waals surface area contributed by atoms with Gasteiger partial charge < -0.3 is 10.2 Å². The fourth-order valence-corrected chi connectivity index (χ4v) is 4.53. The van der Waals surface area contributed by atoms with Crippen molar-refractivity contribution in [2.24, 2.45) is 0 Å². The number of allylic oxidation sites excluding steroid dienone is 1. The van der Waals surface area contributed by atoms with E-state index < -0.39 is 0 Å². The van der Waals surface area contributed by atoms with Crippen LogP contribution in [0.3, 0.4) is 0 Å². The van der Waals surface area contributed by atoms with Crippen LogP contribution in [-0.2, 0) is 6.54 Å². The van der Waals surface area contributed by atoms with Crippen molar-refractivity contribution in [2.45, 2.75) is 57.2 Å². The smallest absolute Gasteiger partial charge is 0.254 e. The van der Waals surface area contributed by atoms with Gasteiger partial charge in [0.05, 0.1) is 6.04 Å². The van der Waals surface area contributed by atoms with E-state index in [4.69, 9.17) is 0 Å². The Balaban J connectivity index is 1.82. The molecule has 0 bridgehead atoms. The van der Waals surface area contributed by atoms with E-state index in [1.807, 2.05) is 30.1 Å². The summed E-state index contributed by atoms with van der Waals surface area (Å²) in [5, 5.41) is 3.75. The van der Waals surface area contributed by atoms with Gasteiger partial charge in [-0.1, -0.05) is 23.8 Å². The number of hydrogen-bond donors (Lipinski definition) is 1. The molecule has 2 unspecified atom stereocenters. The van der Waals surface area contributed by atoms with Gasteiger partial charge in [0, 0.05) is 25.2 Å². The maximum atomic E-state index is 13.0. The highest BCUT2D eigenvalue weighted by Gasteiger charge is 2.36. The molecule has 3 aliphatic rings. The summed E-state index contributed by atoms with van der Waals surface area (Å²) < 4.78 is 0. The van der Waals surface area contributed by atoms with E-state index in [-0.39, 0.29) is 5.91 Å². The van der Waals surface area contributed by atoms with Crippen molar-refractivity contribution < 1.29 is 4.79 Å². The van der Waals surface area contributed by atoms with Gasteiger partial charge in [-0.05, 0) is 55.7 Å². The van der Waals surface area contributed by atoms with E-state index in [1.165, 1.54) is 32.1 Å². The van der Waals surface area contributed by atoms with Crippen molar-refractivity contribution >= 4 is 5.91 Å². The van der Waals surface area contributed by atoms with Crippen LogP contribution in [0.4, 0.5) is 0 Å². The monoisotopic (exact) mass is 296 g/mol. The average molecular weight is 296 g/mol. The van der Waals surface area contributed by atoms with Crippen molar-refractivity contribution in [3.8, 4) is 0 Å². The first-order valence-electron chi connectivity index (χ1n) is 8.56. The maximum absolute atomic E-state index is 13.0. The number of carbonyl (C=O) groups excluding carboxylic acids is 1.